The molecule has 0 radical (unpaired) electrons. The van der Waals surface area contributed by atoms with Crippen molar-refractivity contribution in [3.63, 3.8) is 0 Å². The third-order valence-electron chi connectivity index (χ3n) is 3.40. The Morgan fingerprint density at radius 1 is 1.42 bits per heavy atom. The Morgan fingerprint density at radius 3 is 2.89 bits per heavy atom. The maximum absolute atomic E-state index is 4.42. The summed E-state index contributed by atoms with van der Waals surface area (Å²) in [4.78, 5) is 6.80. The molecule has 1 heterocycles. The summed E-state index contributed by atoms with van der Waals surface area (Å²) >= 11 is 2.08. The van der Waals surface area contributed by atoms with E-state index in [9.17, 15) is 0 Å². The molecule has 0 bridgehead atoms. The van der Waals surface area contributed by atoms with Crippen LogP contribution < -0.4 is 5.32 Å². The fourth-order valence-corrected chi connectivity index (χ4v) is 3.45. The van der Waals surface area contributed by atoms with Crippen LogP contribution in [0.3, 0.4) is 0 Å². The van der Waals surface area contributed by atoms with Crippen LogP contribution in [0.1, 0.15) is 18.9 Å². The van der Waals surface area contributed by atoms with Crippen molar-refractivity contribution >= 4 is 17.7 Å². The predicted octanol–water partition coefficient (Wildman–Crippen LogP) is 2.59. The lowest BCUT2D eigenvalue weighted by Gasteiger charge is -2.34. The number of nitrogens with one attached hydrogen (secondary N) is 1. The smallest absolute Gasteiger partial charge is 0.193 e. The summed E-state index contributed by atoms with van der Waals surface area (Å²) in [5, 5.41) is 4.21. The molecule has 1 aliphatic rings. The van der Waals surface area contributed by atoms with Crippen LogP contribution in [0.2, 0.25) is 0 Å². The molecule has 0 saturated carbocycles. The van der Waals surface area contributed by atoms with Crippen molar-refractivity contribution in [2.24, 2.45) is 4.99 Å². The van der Waals surface area contributed by atoms with E-state index in [0.29, 0.717) is 0 Å². The molecule has 1 unspecified atom stereocenters. The van der Waals surface area contributed by atoms with Gasteiger partial charge in [-0.3, -0.25) is 4.99 Å². The summed E-state index contributed by atoms with van der Waals surface area (Å²) < 4.78 is 0. The highest BCUT2D eigenvalue weighted by molar-refractivity contribution is 8.00. The van der Waals surface area contributed by atoms with Gasteiger partial charge in [0.2, 0.25) is 0 Å². The van der Waals surface area contributed by atoms with Crippen molar-refractivity contribution in [3.05, 3.63) is 35.9 Å². The molecule has 1 fully saturated rings. The first-order chi connectivity index (χ1) is 9.33. The highest BCUT2D eigenvalue weighted by atomic mass is 32.2. The topological polar surface area (TPSA) is 27.6 Å². The average molecular weight is 277 g/mol. The van der Waals surface area contributed by atoms with E-state index in [2.05, 4.69) is 58.2 Å². The molecular weight excluding hydrogens is 254 g/mol. The molecule has 1 aromatic rings. The van der Waals surface area contributed by atoms with Gasteiger partial charge < -0.3 is 10.2 Å². The number of benzene rings is 1. The molecule has 104 valence electrons. The van der Waals surface area contributed by atoms with Crippen molar-refractivity contribution < 1.29 is 0 Å². The number of aliphatic imine (C=N–C) groups is 1. The monoisotopic (exact) mass is 277 g/mol. The molecule has 0 aromatic heterocycles. The lowest BCUT2D eigenvalue weighted by Crippen LogP contribution is -2.47. The first-order valence-corrected chi connectivity index (χ1v) is 7.99. The van der Waals surface area contributed by atoms with E-state index in [4.69, 9.17) is 0 Å². The van der Waals surface area contributed by atoms with Crippen molar-refractivity contribution in [1.82, 2.24) is 10.2 Å². The molecule has 1 atom stereocenters. The SMILES string of the molecule is CCC1CN(C(=NC)NCc2ccccc2)CCS1. The quantitative estimate of drug-likeness (QED) is 0.680. The standard InChI is InChI=1S/C15H23N3S/c1-3-14-12-18(9-10-19-14)15(16-2)17-11-13-7-5-4-6-8-13/h4-8,14H,3,9-12H2,1-2H3,(H,16,17). The minimum atomic E-state index is 0.740. The minimum Gasteiger partial charge on any atom is -0.352 e. The van der Waals surface area contributed by atoms with E-state index in [1.807, 2.05) is 13.1 Å². The van der Waals surface area contributed by atoms with Crippen LogP contribution >= 0.6 is 11.8 Å². The molecule has 3 nitrogen and oxygen atoms in total. The van der Waals surface area contributed by atoms with Crippen molar-refractivity contribution in [3.8, 4) is 0 Å². The summed E-state index contributed by atoms with van der Waals surface area (Å²) in [5.41, 5.74) is 1.29. The van der Waals surface area contributed by atoms with Gasteiger partial charge in [0.15, 0.2) is 5.96 Å². The molecule has 0 aliphatic carbocycles. The van der Waals surface area contributed by atoms with Crippen LogP contribution in [0.4, 0.5) is 0 Å². The van der Waals surface area contributed by atoms with Crippen LogP contribution in [0.25, 0.3) is 0 Å². The van der Waals surface area contributed by atoms with Crippen LogP contribution in [-0.2, 0) is 6.54 Å². The largest absolute Gasteiger partial charge is 0.352 e. The van der Waals surface area contributed by atoms with Gasteiger partial charge in [-0.2, -0.15) is 11.8 Å². The Balaban J connectivity index is 1.90. The van der Waals surface area contributed by atoms with Crippen molar-refractivity contribution in [2.45, 2.75) is 25.1 Å². The van der Waals surface area contributed by atoms with Crippen LogP contribution in [0.15, 0.2) is 35.3 Å². The van der Waals surface area contributed by atoms with E-state index in [-0.39, 0.29) is 0 Å². The minimum absolute atomic E-state index is 0.740. The summed E-state index contributed by atoms with van der Waals surface area (Å²) in [6, 6.07) is 10.5. The zero-order valence-corrected chi connectivity index (χ0v) is 12.6. The van der Waals surface area contributed by atoms with Crippen molar-refractivity contribution in [2.75, 3.05) is 25.9 Å². The zero-order chi connectivity index (χ0) is 13.5. The number of hydrogen-bond donors (Lipinski definition) is 1. The second kappa shape index (κ2) is 7.43. The number of thioether (sulfide) groups is 1. The van der Waals surface area contributed by atoms with Gasteiger partial charge in [0, 0.05) is 37.7 Å². The molecule has 4 heteroatoms. The average Bonchev–Trinajstić information content (AvgIpc) is 2.49. The van der Waals surface area contributed by atoms with Crippen LogP contribution in [0.5, 0.6) is 0 Å². The Labute approximate surface area is 120 Å². The highest BCUT2D eigenvalue weighted by Crippen LogP contribution is 2.21. The third-order valence-corrected chi connectivity index (χ3v) is 4.77. The Bertz CT molecular complexity index is 405. The molecule has 1 aliphatic heterocycles. The van der Waals surface area contributed by atoms with Gasteiger partial charge in [-0.1, -0.05) is 37.3 Å². The molecule has 2 rings (SSSR count). The Morgan fingerprint density at radius 2 is 2.21 bits per heavy atom. The zero-order valence-electron chi connectivity index (χ0n) is 11.8. The predicted molar refractivity (Wildman–Crippen MR) is 84.8 cm³/mol. The maximum atomic E-state index is 4.42. The Hall–Kier alpha value is -1.16. The second-order valence-corrected chi connectivity index (χ2v) is 6.14. The van der Waals surface area contributed by atoms with Gasteiger partial charge in [0.1, 0.15) is 0 Å². The second-order valence-electron chi connectivity index (χ2n) is 4.73. The third kappa shape index (κ3) is 4.16. The molecule has 0 amide bonds. The maximum Gasteiger partial charge on any atom is 0.193 e. The lowest BCUT2D eigenvalue weighted by atomic mass is 10.2. The fourth-order valence-electron chi connectivity index (χ4n) is 2.27. The summed E-state index contributed by atoms with van der Waals surface area (Å²) in [6.07, 6.45) is 1.23. The highest BCUT2D eigenvalue weighted by Gasteiger charge is 2.21. The number of rotatable bonds is 3. The lowest BCUT2D eigenvalue weighted by molar-refractivity contribution is 0.408. The molecule has 1 saturated heterocycles. The van der Waals surface area contributed by atoms with Crippen molar-refractivity contribution in [1.29, 1.82) is 0 Å². The van der Waals surface area contributed by atoms with E-state index >= 15 is 0 Å². The molecule has 0 spiro atoms. The molecule has 19 heavy (non-hydrogen) atoms. The summed E-state index contributed by atoms with van der Waals surface area (Å²) in [7, 11) is 1.87. The van der Waals surface area contributed by atoms with Crippen LogP contribution in [-0.4, -0.2) is 42.0 Å². The van der Waals surface area contributed by atoms with Gasteiger partial charge in [0.25, 0.3) is 0 Å². The van der Waals surface area contributed by atoms with E-state index in [0.717, 1.165) is 30.8 Å². The summed E-state index contributed by atoms with van der Waals surface area (Å²) in [5.74, 6) is 2.23. The van der Waals surface area contributed by atoms with E-state index in [1.165, 1.54) is 17.7 Å². The van der Waals surface area contributed by atoms with Gasteiger partial charge in [-0.05, 0) is 12.0 Å². The number of nitrogens with zero attached hydrogens (tertiary/aromatic N) is 2. The molecular formula is C15H23N3S. The first kappa shape index (κ1) is 14.3. The van der Waals surface area contributed by atoms with Gasteiger partial charge in [-0.15, -0.1) is 0 Å². The Kier molecular flexibility index (Phi) is 5.58. The van der Waals surface area contributed by atoms with Gasteiger partial charge in [0.05, 0.1) is 0 Å². The molecule has 1 aromatic carbocycles. The van der Waals surface area contributed by atoms with E-state index < -0.39 is 0 Å². The summed E-state index contributed by atoms with van der Waals surface area (Å²) in [6.45, 7) is 5.31. The fraction of sp³-hybridized carbons (Fsp3) is 0.533. The van der Waals surface area contributed by atoms with Gasteiger partial charge >= 0.3 is 0 Å². The van der Waals surface area contributed by atoms with Gasteiger partial charge in [-0.25, -0.2) is 0 Å². The number of guanidine groups is 1. The number of hydrogen-bond acceptors (Lipinski definition) is 2. The van der Waals surface area contributed by atoms with E-state index in [1.54, 1.807) is 0 Å². The normalized spacial score (nSPS) is 20.4. The molecule has 1 N–H and O–H groups in total. The van der Waals surface area contributed by atoms with Crippen LogP contribution in [0, 0.1) is 0 Å². The first-order valence-electron chi connectivity index (χ1n) is 6.94.